The summed E-state index contributed by atoms with van der Waals surface area (Å²) >= 11 is 0. The number of non-ortho nitro benzene ring substituents is 1. The minimum absolute atomic E-state index is 0.106. The Labute approximate surface area is 143 Å². The molecule has 1 fully saturated rings. The van der Waals surface area contributed by atoms with Crippen LogP contribution in [-0.2, 0) is 19.1 Å². The fourth-order valence-electron chi connectivity index (χ4n) is 3.13. The van der Waals surface area contributed by atoms with E-state index in [0.717, 1.165) is 19.2 Å². The molecule has 0 heterocycles. The minimum atomic E-state index is -1.61. The highest BCUT2D eigenvalue weighted by atomic mass is 16.6. The van der Waals surface area contributed by atoms with Crippen LogP contribution in [0.4, 0.5) is 5.69 Å². The van der Waals surface area contributed by atoms with Crippen molar-refractivity contribution >= 4 is 29.0 Å². The number of ether oxygens (including phenoxy) is 1. The van der Waals surface area contributed by atoms with Crippen LogP contribution in [0.15, 0.2) is 24.3 Å². The highest BCUT2D eigenvalue weighted by Crippen LogP contribution is 2.41. The number of ketones is 3. The number of nitro groups is 1. The predicted molar refractivity (Wildman–Crippen MR) is 84.8 cm³/mol. The molecule has 25 heavy (non-hydrogen) atoms. The molecule has 2 rings (SSSR count). The zero-order valence-electron chi connectivity index (χ0n) is 14.0. The Morgan fingerprint density at radius 1 is 1.20 bits per heavy atom. The zero-order chi connectivity index (χ0) is 18.9. The van der Waals surface area contributed by atoms with E-state index in [2.05, 4.69) is 4.74 Å². The van der Waals surface area contributed by atoms with Gasteiger partial charge in [0.25, 0.3) is 5.69 Å². The minimum Gasteiger partial charge on any atom is -0.468 e. The lowest BCUT2D eigenvalue weighted by Crippen LogP contribution is -2.51. The molecule has 0 saturated heterocycles. The van der Waals surface area contributed by atoms with Gasteiger partial charge in [0.05, 0.1) is 18.0 Å². The standard InChI is InChI=1S/C17H17NO7/c1-17(2)8-11(19)12(16(22)25-3)15(21)13(17)14(20)9-4-6-10(7-5-9)18(23)24/h4-7,12-13H,8H2,1-3H3. The van der Waals surface area contributed by atoms with E-state index in [0.29, 0.717) is 0 Å². The Morgan fingerprint density at radius 3 is 2.24 bits per heavy atom. The van der Waals surface area contributed by atoms with Gasteiger partial charge in [-0.05, 0) is 17.5 Å². The predicted octanol–water partition coefficient (Wildman–Crippen LogP) is 1.75. The third-order valence-corrected chi connectivity index (χ3v) is 4.36. The van der Waals surface area contributed by atoms with E-state index in [4.69, 9.17) is 0 Å². The van der Waals surface area contributed by atoms with Crippen molar-refractivity contribution in [1.82, 2.24) is 0 Å². The molecule has 2 unspecified atom stereocenters. The highest BCUT2D eigenvalue weighted by Gasteiger charge is 2.53. The molecule has 0 amide bonds. The SMILES string of the molecule is COC(=O)C1C(=O)CC(C)(C)C(C(=O)c2ccc([N+](=O)[O-])cc2)C1=O. The molecular weight excluding hydrogens is 330 g/mol. The fraction of sp³-hybridized carbons (Fsp3) is 0.412. The maximum Gasteiger partial charge on any atom is 0.323 e. The molecule has 132 valence electrons. The maximum absolute atomic E-state index is 12.8. The molecule has 2 atom stereocenters. The molecule has 0 bridgehead atoms. The van der Waals surface area contributed by atoms with Gasteiger partial charge in [-0.1, -0.05) is 13.8 Å². The van der Waals surface area contributed by atoms with Gasteiger partial charge in [0, 0.05) is 24.1 Å². The number of nitro benzene ring substituents is 1. The van der Waals surface area contributed by atoms with Gasteiger partial charge < -0.3 is 4.74 Å². The van der Waals surface area contributed by atoms with E-state index in [9.17, 15) is 29.3 Å². The lowest BCUT2D eigenvalue weighted by molar-refractivity contribution is -0.384. The van der Waals surface area contributed by atoms with Crippen LogP contribution >= 0.6 is 0 Å². The number of Topliss-reactive ketones (excluding diaryl/α,β-unsaturated/α-hetero) is 3. The third kappa shape index (κ3) is 3.33. The second kappa shape index (κ2) is 6.54. The second-order valence-electron chi connectivity index (χ2n) is 6.59. The Hall–Kier alpha value is -2.90. The van der Waals surface area contributed by atoms with E-state index in [1.54, 1.807) is 13.8 Å². The quantitative estimate of drug-likeness (QED) is 0.267. The molecular formula is C17H17NO7. The van der Waals surface area contributed by atoms with Crippen LogP contribution in [0.3, 0.4) is 0 Å². The summed E-state index contributed by atoms with van der Waals surface area (Å²) in [6.45, 7) is 3.20. The van der Waals surface area contributed by atoms with Gasteiger partial charge in [-0.15, -0.1) is 0 Å². The molecule has 0 spiro atoms. The monoisotopic (exact) mass is 347 g/mol. The molecule has 1 aromatic carbocycles. The van der Waals surface area contributed by atoms with Crippen molar-refractivity contribution in [3.63, 3.8) is 0 Å². The lowest BCUT2D eigenvalue weighted by atomic mass is 9.62. The van der Waals surface area contributed by atoms with Gasteiger partial charge in [0.15, 0.2) is 23.3 Å². The van der Waals surface area contributed by atoms with E-state index in [1.807, 2.05) is 0 Å². The van der Waals surface area contributed by atoms with Crippen LogP contribution in [0.1, 0.15) is 30.6 Å². The Morgan fingerprint density at radius 2 is 1.76 bits per heavy atom. The van der Waals surface area contributed by atoms with Gasteiger partial charge in [-0.3, -0.25) is 29.3 Å². The van der Waals surface area contributed by atoms with Crippen molar-refractivity contribution < 1.29 is 28.8 Å². The first-order valence-electron chi connectivity index (χ1n) is 7.53. The molecule has 0 radical (unpaired) electrons. The van der Waals surface area contributed by atoms with Crippen molar-refractivity contribution in [3.05, 3.63) is 39.9 Å². The fourth-order valence-corrected chi connectivity index (χ4v) is 3.13. The third-order valence-electron chi connectivity index (χ3n) is 4.36. The van der Waals surface area contributed by atoms with Crippen LogP contribution in [-0.4, -0.2) is 35.4 Å². The molecule has 0 aromatic heterocycles. The van der Waals surface area contributed by atoms with Gasteiger partial charge in [-0.2, -0.15) is 0 Å². The Bertz CT molecular complexity index is 764. The Kier molecular flexibility index (Phi) is 4.82. The van der Waals surface area contributed by atoms with Crippen molar-refractivity contribution in [2.45, 2.75) is 20.3 Å². The second-order valence-corrected chi connectivity index (χ2v) is 6.59. The lowest BCUT2D eigenvalue weighted by Gasteiger charge is -2.38. The number of hydrogen-bond donors (Lipinski definition) is 0. The maximum atomic E-state index is 12.8. The number of esters is 1. The van der Waals surface area contributed by atoms with Crippen LogP contribution in [0, 0.1) is 27.4 Å². The molecule has 1 aliphatic rings. The van der Waals surface area contributed by atoms with E-state index < -0.39 is 45.5 Å². The van der Waals surface area contributed by atoms with Crippen molar-refractivity contribution in [3.8, 4) is 0 Å². The van der Waals surface area contributed by atoms with Crippen LogP contribution in [0.2, 0.25) is 0 Å². The number of carbonyl (C=O) groups is 4. The number of hydrogen-bond acceptors (Lipinski definition) is 7. The number of carbonyl (C=O) groups excluding carboxylic acids is 4. The summed E-state index contributed by atoms with van der Waals surface area (Å²) in [6, 6.07) is 4.84. The molecule has 0 aliphatic heterocycles. The van der Waals surface area contributed by atoms with Gasteiger partial charge >= 0.3 is 5.97 Å². The first kappa shape index (κ1) is 18.4. The van der Waals surface area contributed by atoms with Crippen LogP contribution in [0.25, 0.3) is 0 Å². The van der Waals surface area contributed by atoms with Crippen LogP contribution < -0.4 is 0 Å². The largest absolute Gasteiger partial charge is 0.468 e. The number of rotatable bonds is 4. The summed E-state index contributed by atoms with van der Waals surface area (Å²) in [4.78, 5) is 59.5. The highest BCUT2D eigenvalue weighted by molar-refractivity contribution is 6.26. The number of nitrogens with zero attached hydrogens (tertiary/aromatic N) is 1. The summed E-state index contributed by atoms with van der Waals surface area (Å²) in [6.07, 6.45) is -0.123. The Balaban J connectivity index is 2.41. The van der Waals surface area contributed by atoms with Gasteiger partial charge in [-0.25, -0.2) is 0 Å². The average molecular weight is 347 g/mol. The first-order chi connectivity index (χ1) is 11.6. The van der Waals surface area contributed by atoms with Crippen molar-refractivity contribution in [2.75, 3.05) is 7.11 Å². The van der Waals surface area contributed by atoms with E-state index in [1.165, 1.54) is 12.1 Å². The van der Waals surface area contributed by atoms with E-state index in [-0.39, 0.29) is 17.7 Å². The summed E-state index contributed by atoms with van der Waals surface area (Å²) in [7, 11) is 1.07. The van der Waals surface area contributed by atoms with Gasteiger partial charge in [0.2, 0.25) is 0 Å². The molecule has 1 aromatic rings. The molecule has 8 nitrogen and oxygen atoms in total. The van der Waals surface area contributed by atoms with E-state index >= 15 is 0 Å². The summed E-state index contributed by atoms with van der Waals surface area (Å²) in [5.41, 5.74) is -1.05. The number of methoxy groups -OCH3 is 1. The number of benzene rings is 1. The molecule has 1 aliphatic carbocycles. The van der Waals surface area contributed by atoms with Gasteiger partial charge in [0.1, 0.15) is 0 Å². The smallest absolute Gasteiger partial charge is 0.323 e. The summed E-state index contributed by atoms with van der Waals surface area (Å²) in [5.74, 6) is -5.75. The zero-order valence-corrected chi connectivity index (χ0v) is 14.0. The summed E-state index contributed by atoms with van der Waals surface area (Å²) < 4.78 is 4.51. The van der Waals surface area contributed by atoms with Crippen molar-refractivity contribution in [2.24, 2.45) is 17.3 Å². The topological polar surface area (TPSA) is 121 Å². The van der Waals surface area contributed by atoms with Crippen LogP contribution in [0.5, 0.6) is 0 Å². The molecule has 1 saturated carbocycles. The van der Waals surface area contributed by atoms with Crippen molar-refractivity contribution in [1.29, 1.82) is 0 Å². The molecule has 0 N–H and O–H groups in total. The summed E-state index contributed by atoms with van der Waals surface area (Å²) in [5, 5.41) is 10.7. The average Bonchev–Trinajstić information content (AvgIpc) is 2.53. The normalized spacial score (nSPS) is 22.4. The molecule has 8 heteroatoms. The first-order valence-corrected chi connectivity index (χ1v) is 7.53.